The van der Waals surface area contributed by atoms with Crippen LogP contribution in [-0.2, 0) is 19.6 Å². The maximum absolute atomic E-state index is 11.4. The Labute approximate surface area is 100 Å². The summed E-state index contributed by atoms with van der Waals surface area (Å²) >= 11 is 0. The van der Waals surface area contributed by atoms with Gasteiger partial charge in [-0.2, -0.15) is 4.31 Å². The van der Waals surface area contributed by atoms with Crippen LogP contribution in [0.4, 0.5) is 0 Å². The van der Waals surface area contributed by atoms with E-state index in [-0.39, 0.29) is 13.0 Å². The van der Waals surface area contributed by atoms with E-state index in [1.54, 1.807) is 6.92 Å². The molecule has 0 saturated carbocycles. The van der Waals surface area contributed by atoms with E-state index in [4.69, 9.17) is 10.2 Å². The summed E-state index contributed by atoms with van der Waals surface area (Å²) in [6, 6.07) is -1.20. The summed E-state index contributed by atoms with van der Waals surface area (Å²) in [4.78, 5) is 21.4. The average molecular weight is 267 g/mol. The molecule has 0 saturated heterocycles. The molecule has 1 unspecified atom stereocenters. The van der Waals surface area contributed by atoms with E-state index >= 15 is 0 Å². The minimum atomic E-state index is -3.74. The molecule has 1 atom stereocenters. The lowest BCUT2D eigenvalue weighted by Gasteiger charge is -2.25. The second-order valence-corrected chi connectivity index (χ2v) is 5.60. The molecule has 0 spiro atoms. The number of aliphatic carboxylic acids is 2. The molecule has 0 heterocycles. The van der Waals surface area contributed by atoms with E-state index in [0.717, 1.165) is 10.6 Å². The molecule has 0 aromatic heterocycles. The Bertz CT molecular complexity index is 377. The normalized spacial score (nSPS) is 13.6. The first-order valence-corrected chi connectivity index (χ1v) is 6.96. The van der Waals surface area contributed by atoms with Gasteiger partial charge in [0.1, 0.15) is 6.04 Å². The second-order valence-electron chi connectivity index (χ2n) is 3.66. The molecule has 100 valence electrons. The molecule has 0 radical (unpaired) electrons. The van der Waals surface area contributed by atoms with Crippen molar-refractivity contribution in [2.45, 2.75) is 32.2 Å². The van der Waals surface area contributed by atoms with E-state index in [1.807, 2.05) is 0 Å². The number of sulfonamides is 1. The Morgan fingerprint density at radius 3 is 2.12 bits per heavy atom. The third kappa shape index (κ3) is 5.64. The van der Waals surface area contributed by atoms with Crippen molar-refractivity contribution in [3.8, 4) is 0 Å². The highest BCUT2D eigenvalue weighted by molar-refractivity contribution is 7.88. The Morgan fingerprint density at radius 1 is 1.29 bits per heavy atom. The second kappa shape index (κ2) is 6.55. The zero-order chi connectivity index (χ0) is 13.6. The van der Waals surface area contributed by atoms with Gasteiger partial charge in [0, 0.05) is 6.54 Å². The van der Waals surface area contributed by atoms with E-state index in [1.165, 1.54) is 0 Å². The predicted molar refractivity (Wildman–Crippen MR) is 60.1 cm³/mol. The Hall–Kier alpha value is -1.15. The van der Waals surface area contributed by atoms with Gasteiger partial charge in [0.05, 0.1) is 12.7 Å². The molecule has 0 aromatic carbocycles. The van der Waals surface area contributed by atoms with Gasteiger partial charge >= 0.3 is 11.9 Å². The molecule has 0 aliphatic carbocycles. The van der Waals surface area contributed by atoms with Crippen LogP contribution >= 0.6 is 0 Å². The van der Waals surface area contributed by atoms with Crippen molar-refractivity contribution in [3.63, 3.8) is 0 Å². The van der Waals surface area contributed by atoms with E-state index in [9.17, 15) is 18.0 Å². The summed E-state index contributed by atoms with van der Waals surface area (Å²) in [6.07, 6.45) is 1.11. The van der Waals surface area contributed by atoms with Crippen molar-refractivity contribution in [1.29, 1.82) is 0 Å². The number of hydrogen-bond donors (Lipinski definition) is 2. The molecule has 17 heavy (non-hydrogen) atoms. The molecular formula is C9H17NO6S. The van der Waals surface area contributed by atoms with Crippen LogP contribution in [0.5, 0.6) is 0 Å². The molecule has 7 nitrogen and oxygen atoms in total. The van der Waals surface area contributed by atoms with Gasteiger partial charge in [-0.25, -0.2) is 8.42 Å². The first kappa shape index (κ1) is 15.9. The highest BCUT2D eigenvalue weighted by Crippen LogP contribution is 2.12. The number of rotatable bonds is 8. The standard InChI is InChI=1S/C9H17NO6S/c1-3-4-7(9(13)14)10(17(2,15)16)6-5-8(11)12/h7H,3-6H2,1-2H3,(H,11,12)(H,13,14). The monoisotopic (exact) mass is 267 g/mol. The molecule has 8 heteroatoms. The number of hydrogen-bond acceptors (Lipinski definition) is 4. The van der Waals surface area contributed by atoms with Crippen LogP contribution in [-0.4, -0.2) is 53.7 Å². The highest BCUT2D eigenvalue weighted by atomic mass is 32.2. The third-order valence-electron chi connectivity index (χ3n) is 2.17. The van der Waals surface area contributed by atoms with Crippen LogP contribution < -0.4 is 0 Å². The van der Waals surface area contributed by atoms with Gasteiger partial charge < -0.3 is 10.2 Å². The zero-order valence-electron chi connectivity index (χ0n) is 9.79. The van der Waals surface area contributed by atoms with E-state index in [2.05, 4.69) is 0 Å². The molecule has 0 aliphatic rings. The SMILES string of the molecule is CCCC(C(=O)O)N(CCC(=O)O)S(C)(=O)=O. The first-order chi connectivity index (χ1) is 7.70. The lowest BCUT2D eigenvalue weighted by Crippen LogP contribution is -2.45. The van der Waals surface area contributed by atoms with E-state index in [0.29, 0.717) is 6.42 Å². The molecule has 0 fully saturated rings. The lowest BCUT2D eigenvalue weighted by molar-refractivity contribution is -0.143. The highest BCUT2D eigenvalue weighted by Gasteiger charge is 2.31. The van der Waals surface area contributed by atoms with Crippen LogP contribution in [0, 0.1) is 0 Å². The van der Waals surface area contributed by atoms with Crippen molar-refractivity contribution in [2.75, 3.05) is 12.8 Å². The number of nitrogens with zero attached hydrogens (tertiary/aromatic N) is 1. The van der Waals surface area contributed by atoms with E-state index < -0.39 is 34.4 Å². The lowest BCUT2D eigenvalue weighted by atomic mass is 10.1. The van der Waals surface area contributed by atoms with Gasteiger partial charge in [0.15, 0.2) is 0 Å². The van der Waals surface area contributed by atoms with Crippen LogP contribution in [0.1, 0.15) is 26.2 Å². The molecule has 0 rings (SSSR count). The van der Waals surface area contributed by atoms with Crippen molar-refractivity contribution in [2.24, 2.45) is 0 Å². The minimum absolute atomic E-state index is 0.155. The fourth-order valence-electron chi connectivity index (χ4n) is 1.42. The Kier molecular flexibility index (Phi) is 6.11. The van der Waals surface area contributed by atoms with Gasteiger partial charge in [-0.05, 0) is 6.42 Å². The molecule has 0 aliphatic heterocycles. The van der Waals surface area contributed by atoms with Crippen molar-refractivity contribution < 1.29 is 28.2 Å². The Balaban J connectivity index is 5.00. The number of carboxylic acid groups (broad SMARTS) is 2. The third-order valence-corrected chi connectivity index (χ3v) is 3.46. The molecule has 0 amide bonds. The fraction of sp³-hybridized carbons (Fsp3) is 0.778. The van der Waals surface area contributed by atoms with Crippen LogP contribution in [0.25, 0.3) is 0 Å². The fourth-order valence-corrected chi connectivity index (χ4v) is 2.50. The first-order valence-electron chi connectivity index (χ1n) is 5.11. The van der Waals surface area contributed by atoms with Gasteiger partial charge in [-0.1, -0.05) is 13.3 Å². The van der Waals surface area contributed by atoms with Crippen LogP contribution in [0.2, 0.25) is 0 Å². The largest absolute Gasteiger partial charge is 0.481 e. The van der Waals surface area contributed by atoms with Gasteiger partial charge in [-0.3, -0.25) is 9.59 Å². The van der Waals surface area contributed by atoms with Crippen molar-refractivity contribution in [3.05, 3.63) is 0 Å². The van der Waals surface area contributed by atoms with Crippen molar-refractivity contribution >= 4 is 22.0 Å². The maximum Gasteiger partial charge on any atom is 0.322 e. The van der Waals surface area contributed by atoms with Crippen LogP contribution in [0.15, 0.2) is 0 Å². The Morgan fingerprint density at radius 2 is 1.82 bits per heavy atom. The number of carbonyl (C=O) groups is 2. The molecular weight excluding hydrogens is 250 g/mol. The summed E-state index contributed by atoms with van der Waals surface area (Å²) in [7, 11) is -3.74. The average Bonchev–Trinajstić information content (AvgIpc) is 2.13. The summed E-state index contributed by atoms with van der Waals surface area (Å²) in [5, 5.41) is 17.5. The quantitative estimate of drug-likeness (QED) is 0.639. The summed E-state index contributed by atoms with van der Waals surface area (Å²) in [5.41, 5.74) is 0. The maximum atomic E-state index is 11.4. The predicted octanol–water partition coefficient (Wildman–Crippen LogP) is -0.0240. The minimum Gasteiger partial charge on any atom is -0.481 e. The molecule has 2 N–H and O–H groups in total. The van der Waals surface area contributed by atoms with Gasteiger partial charge in [-0.15, -0.1) is 0 Å². The van der Waals surface area contributed by atoms with Crippen LogP contribution in [0.3, 0.4) is 0 Å². The summed E-state index contributed by atoms with van der Waals surface area (Å²) < 4.78 is 23.6. The zero-order valence-corrected chi connectivity index (χ0v) is 10.6. The molecule has 0 bridgehead atoms. The number of carboxylic acids is 2. The summed E-state index contributed by atoms with van der Waals surface area (Å²) in [5.74, 6) is -2.43. The van der Waals surface area contributed by atoms with Gasteiger partial charge in [0.25, 0.3) is 0 Å². The smallest absolute Gasteiger partial charge is 0.322 e. The summed E-state index contributed by atoms with van der Waals surface area (Å²) in [6.45, 7) is 1.40. The van der Waals surface area contributed by atoms with Gasteiger partial charge in [0.2, 0.25) is 10.0 Å². The van der Waals surface area contributed by atoms with Crippen molar-refractivity contribution in [1.82, 2.24) is 4.31 Å². The topological polar surface area (TPSA) is 112 Å². The molecule has 0 aromatic rings.